The first-order valence-corrected chi connectivity index (χ1v) is 5.71. The zero-order chi connectivity index (χ0) is 10.8. The summed E-state index contributed by atoms with van der Waals surface area (Å²) in [6.07, 6.45) is 1.05. The molecule has 3 nitrogen and oxygen atoms in total. The number of cyclic esters (lactones) is 1. The van der Waals surface area contributed by atoms with Gasteiger partial charge in [-0.25, -0.2) is 0 Å². The minimum atomic E-state index is -0.781. The molecule has 3 rings (SSSR count). The molecule has 3 aliphatic rings. The van der Waals surface area contributed by atoms with Crippen LogP contribution in [0.5, 0.6) is 0 Å². The number of hydrogen-bond acceptors (Lipinski definition) is 3. The highest BCUT2D eigenvalue weighted by molar-refractivity contribution is 5.84. The fraction of sp³-hybridized carbons (Fsp3) is 0.833. The molecule has 2 saturated carbocycles. The average molecular weight is 205 g/mol. The highest BCUT2D eigenvalue weighted by atomic mass is 16.5. The molecule has 5 unspecified atom stereocenters. The Morgan fingerprint density at radius 2 is 2.13 bits per heavy atom. The third-order valence-corrected chi connectivity index (χ3v) is 5.27. The second-order valence-electron chi connectivity index (χ2n) is 5.41. The van der Waals surface area contributed by atoms with Crippen LogP contribution in [-0.4, -0.2) is 12.6 Å². The molecule has 0 aromatic carbocycles. The summed E-state index contributed by atoms with van der Waals surface area (Å²) in [5, 5.41) is 9.37. The smallest absolute Gasteiger partial charge is 0.327 e. The van der Waals surface area contributed by atoms with Crippen molar-refractivity contribution in [3.05, 3.63) is 0 Å². The van der Waals surface area contributed by atoms with E-state index in [1.807, 2.05) is 0 Å². The number of fused-ring (bicyclic) bond motifs is 5. The molecule has 2 bridgehead atoms. The van der Waals surface area contributed by atoms with Crippen molar-refractivity contribution in [3.63, 3.8) is 0 Å². The van der Waals surface area contributed by atoms with Crippen LogP contribution in [0.1, 0.15) is 20.3 Å². The number of nitriles is 1. The Hall–Kier alpha value is -1.04. The zero-order valence-electron chi connectivity index (χ0n) is 9.06. The van der Waals surface area contributed by atoms with E-state index in [9.17, 15) is 10.1 Å². The van der Waals surface area contributed by atoms with Crippen LogP contribution in [0.4, 0.5) is 0 Å². The van der Waals surface area contributed by atoms with Gasteiger partial charge in [-0.15, -0.1) is 0 Å². The van der Waals surface area contributed by atoms with Crippen LogP contribution in [0.25, 0.3) is 0 Å². The van der Waals surface area contributed by atoms with Gasteiger partial charge >= 0.3 is 5.97 Å². The number of esters is 1. The summed E-state index contributed by atoms with van der Waals surface area (Å²) in [6, 6.07) is 2.30. The standard InChI is InChI=1S/C12H15NO2/c1-6-7(2)9-3-8(6)10-4-15-11(14)12(9,10)5-13/h6-10H,3-4H2,1-2H3/t6?,7-,8?,9?,10?,12?/m0/s1. The fourth-order valence-corrected chi connectivity index (χ4v) is 4.28. The van der Waals surface area contributed by atoms with Crippen LogP contribution in [-0.2, 0) is 9.53 Å². The van der Waals surface area contributed by atoms with E-state index in [1.165, 1.54) is 0 Å². The summed E-state index contributed by atoms with van der Waals surface area (Å²) >= 11 is 0. The Labute approximate surface area is 89.4 Å². The Kier molecular flexibility index (Phi) is 1.57. The summed E-state index contributed by atoms with van der Waals surface area (Å²) in [5.74, 6) is 1.80. The van der Waals surface area contributed by atoms with E-state index in [2.05, 4.69) is 19.9 Å². The second kappa shape index (κ2) is 2.55. The highest BCUT2D eigenvalue weighted by Crippen LogP contribution is 2.66. The fourth-order valence-electron chi connectivity index (χ4n) is 4.28. The van der Waals surface area contributed by atoms with Crippen LogP contribution in [0.2, 0.25) is 0 Å². The summed E-state index contributed by atoms with van der Waals surface area (Å²) in [6.45, 7) is 4.90. The lowest BCUT2D eigenvalue weighted by Gasteiger charge is -2.36. The Bertz CT molecular complexity index is 372. The molecule has 0 aromatic rings. The molecule has 80 valence electrons. The van der Waals surface area contributed by atoms with Crippen molar-refractivity contribution in [2.75, 3.05) is 6.61 Å². The maximum atomic E-state index is 11.8. The van der Waals surface area contributed by atoms with Gasteiger partial charge in [0.05, 0.1) is 12.7 Å². The van der Waals surface area contributed by atoms with Crippen LogP contribution in [0, 0.1) is 46.3 Å². The van der Waals surface area contributed by atoms with Gasteiger partial charge in [0, 0.05) is 5.92 Å². The largest absolute Gasteiger partial charge is 0.464 e. The summed E-state index contributed by atoms with van der Waals surface area (Å²) in [7, 11) is 0. The third kappa shape index (κ3) is 0.770. The van der Waals surface area contributed by atoms with Crippen molar-refractivity contribution in [3.8, 4) is 6.07 Å². The number of rotatable bonds is 0. The maximum Gasteiger partial charge on any atom is 0.327 e. The lowest BCUT2D eigenvalue weighted by atomic mass is 9.62. The Morgan fingerprint density at radius 3 is 2.80 bits per heavy atom. The molecule has 0 spiro atoms. The summed E-state index contributed by atoms with van der Waals surface area (Å²) < 4.78 is 5.13. The normalized spacial score (nSPS) is 56.3. The average Bonchev–Trinajstić information content (AvgIpc) is 2.81. The SMILES string of the molecule is CC1C2CC([C@H]1C)C1(C#N)C(=O)OCC21. The predicted molar refractivity (Wildman–Crippen MR) is 52.4 cm³/mol. The second-order valence-corrected chi connectivity index (χ2v) is 5.41. The van der Waals surface area contributed by atoms with E-state index in [0.29, 0.717) is 24.4 Å². The van der Waals surface area contributed by atoms with E-state index < -0.39 is 5.41 Å². The number of carbonyl (C=O) groups excluding carboxylic acids is 1. The maximum absolute atomic E-state index is 11.8. The lowest BCUT2D eigenvalue weighted by molar-refractivity contribution is -0.146. The number of nitrogens with zero attached hydrogens (tertiary/aromatic N) is 1. The molecule has 1 heterocycles. The molecular formula is C12H15NO2. The first-order valence-electron chi connectivity index (χ1n) is 5.71. The topological polar surface area (TPSA) is 50.1 Å². The van der Waals surface area contributed by atoms with E-state index in [-0.39, 0.29) is 17.8 Å². The van der Waals surface area contributed by atoms with Gasteiger partial charge in [0.2, 0.25) is 0 Å². The Morgan fingerprint density at radius 1 is 1.40 bits per heavy atom. The third-order valence-electron chi connectivity index (χ3n) is 5.27. The molecule has 0 aromatic heterocycles. The van der Waals surface area contributed by atoms with Crippen LogP contribution < -0.4 is 0 Å². The molecule has 3 heteroatoms. The molecule has 15 heavy (non-hydrogen) atoms. The molecule has 6 atom stereocenters. The summed E-state index contributed by atoms with van der Waals surface area (Å²) in [4.78, 5) is 11.8. The van der Waals surface area contributed by atoms with Gasteiger partial charge in [-0.3, -0.25) is 4.79 Å². The molecule has 1 saturated heterocycles. The molecular weight excluding hydrogens is 190 g/mol. The predicted octanol–water partition coefficient (Wildman–Crippen LogP) is 1.59. The molecule has 0 radical (unpaired) electrons. The van der Waals surface area contributed by atoms with Gasteiger partial charge in [-0.05, 0) is 30.1 Å². The lowest BCUT2D eigenvalue weighted by Crippen LogP contribution is -2.43. The van der Waals surface area contributed by atoms with Crippen molar-refractivity contribution in [1.29, 1.82) is 5.26 Å². The molecule has 2 aliphatic carbocycles. The van der Waals surface area contributed by atoms with Gasteiger partial charge in [0.15, 0.2) is 5.41 Å². The first-order chi connectivity index (χ1) is 7.13. The van der Waals surface area contributed by atoms with Gasteiger partial charge in [0.1, 0.15) is 0 Å². The van der Waals surface area contributed by atoms with E-state index >= 15 is 0 Å². The van der Waals surface area contributed by atoms with E-state index in [1.54, 1.807) is 0 Å². The van der Waals surface area contributed by atoms with Crippen LogP contribution in [0.3, 0.4) is 0 Å². The monoisotopic (exact) mass is 205 g/mol. The molecule has 3 fully saturated rings. The van der Waals surface area contributed by atoms with Crippen molar-refractivity contribution in [1.82, 2.24) is 0 Å². The number of hydrogen-bond donors (Lipinski definition) is 0. The molecule has 0 N–H and O–H groups in total. The Balaban J connectivity index is 2.11. The number of ether oxygens (including phenoxy) is 1. The zero-order valence-corrected chi connectivity index (χ0v) is 9.06. The van der Waals surface area contributed by atoms with Gasteiger partial charge in [-0.2, -0.15) is 5.26 Å². The van der Waals surface area contributed by atoms with Crippen molar-refractivity contribution in [2.45, 2.75) is 20.3 Å². The van der Waals surface area contributed by atoms with Crippen LogP contribution in [0.15, 0.2) is 0 Å². The van der Waals surface area contributed by atoms with Gasteiger partial charge in [0.25, 0.3) is 0 Å². The minimum Gasteiger partial charge on any atom is -0.464 e. The molecule has 0 amide bonds. The first kappa shape index (κ1) is 9.21. The van der Waals surface area contributed by atoms with E-state index in [0.717, 1.165) is 6.42 Å². The highest BCUT2D eigenvalue weighted by Gasteiger charge is 2.71. The van der Waals surface area contributed by atoms with Gasteiger partial charge in [-0.1, -0.05) is 13.8 Å². The van der Waals surface area contributed by atoms with Crippen molar-refractivity contribution in [2.24, 2.45) is 35.0 Å². The summed E-state index contributed by atoms with van der Waals surface area (Å²) in [5.41, 5.74) is -0.781. The number of carbonyl (C=O) groups is 1. The van der Waals surface area contributed by atoms with Crippen molar-refractivity contribution < 1.29 is 9.53 Å². The van der Waals surface area contributed by atoms with E-state index in [4.69, 9.17) is 4.74 Å². The minimum absolute atomic E-state index is 0.172. The van der Waals surface area contributed by atoms with Crippen molar-refractivity contribution >= 4 is 5.97 Å². The van der Waals surface area contributed by atoms with Crippen LogP contribution >= 0.6 is 0 Å². The molecule has 1 aliphatic heterocycles. The van der Waals surface area contributed by atoms with Gasteiger partial charge < -0.3 is 4.74 Å². The quantitative estimate of drug-likeness (QED) is 0.564.